The third kappa shape index (κ3) is 5.13. The van der Waals surface area contributed by atoms with E-state index in [1.165, 1.54) is 12.1 Å². The minimum absolute atomic E-state index is 0.0215. The molecule has 1 amide bonds. The van der Waals surface area contributed by atoms with Crippen LogP contribution in [-0.2, 0) is 16.1 Å². The number of hydrogen-bond donors (Lipinski definition) is 1. The molecule has 7 nitrogen and oxygen atoms in total. The molecule has 27 heavy (non-hydrogen) atoms. The van der Waals surface area contributed by atoms with E-state index < -0.39 is 12.6 Å². The standard InChI is InChI=1S/C20H23NO6/c1-4-21(12-14-9-10-17(25-2)18(11-14)26-3)19(23)13-27-20(24)15-7-5-6-8-16(15)22/h5-11,22H,4,12-13H2,1-3H3. The Labute approximate surface area is 158 Å². The third-order valence-electron chi connectivity index (χ3n) is 4.01. The number of hydrogen-bond acceptors (Lipinski definition) is 6. The smallest absolute Gasteiger partial charge is 0.342 e. The zero-order valence-corrected chi connectivity index (χ0v) is 15.6. The first-order valence-corrected chi connectivity index (χ1v) is 8.44. The van der Waals surface area contributed by atoms with Gasteiger partial charge < -0.3 is 24.2 Å². The van der Waals surface area contributed by atoms with Crippen LogP contribution in [0.25, 0.3) is 0 Å². The highest BCUT2D eigenvalue weighted by Gasteiger charge is 2.18. The fourth-order valence-electron chi connectivity index (χ4n) is 2.52. The quantitative estimate of drug-likeness (QED) is 0.716. The van der Waals surface area contributed by atoms with Gasteiger partial charge in [-0.15, -0.1) is 0 Å². The van der Waals surface area contributed by atoms with Gasteiger partial charge in [-0.2, -0.15) is 0 Å². The molecule has 0 heterocycles. The lowest BCUT2D eigenvalue weighted by atomic mass is 10.2. The number of benzene rings is 2. The Hall–Kier alpha value is -3.22. The minimum atomic E-state index is -0.747. The van der Waals surface area contributed by atoms with Crippen molar-refractivity contribution in [3.05, 3.63) is 53.6 Å². The zero-order valence-electron chi connectivity index (χ0n) is 15.6. The summed E-state index contributed by atoms with van der Waals surface area (Å²) in [5.74, 6) is -0.0935. The van der Waals surface area contributed by atoms with E-state index in [-0.39, 0.29) is 17.2 Å². The van der Waals surface area contributed by atoms with E-state index in [9.17, 15) is 14.7 Å². The number of carbonyl (C=O) groups is 2. The topological polar surface area (TPSA) is 85.3 Å². The van der Waals surface area contributed by atoms with Gasteiger partial charge in [0.15, 0.2) is 18.1 Å². The molecule has 0 atom stereocenters. The van der Waals surface area contributed by atoms with Gasteiger partial charge in [0.05, 0.1) is 14.2 Å². The van der Waals surface area contributed by atoms with Crippen LogP contribution >= 0.6 is 0 Å². The molecule has 0 radical (unpaired) electrons. The maximum Gasteiger partial charge on any atom is 0.342 e. The van der Waals surface area contributed by atoms with Gasteiger partial charge in [0.1, 0.15) is 11.3 Å². The number of ether oxygens (including phenoxy) is 3. The summed E-state index contributed by atoms with van der Waals surface area (Å²) >= 11 is 0. The molecule has 0 unspecified atom stereocenters. The SMILES string of the molecule is CCN(Cc1ccc(OC)c(OC)c1)C(=O)COC(=O)c1ccccc1O. The lowest BCUT2D eigenvalue weighted by Crippen LogP contribution is -2.34. The number of amides is 1. The number of likely N-dealkylation sites (N-methyl/N-ethyl adjacent to an activating group) is 1. The van der Waals surface area contributed by atoms with Gasteiger partial charge in [-0.1, -0.05) is 18.2 Å². The Morgan fingerprint density at radius 2 is 1.74 bits per heavy atom. The van der Waals surface area contributed by atoms with E-state index in [1.807, 2.05) is 13.0 Å². The summed E-state index contributed by atoms with van der Waals surface area (Å²) in [5, 5.41) is 9.67. The molecule has 0 aliphatic heterocycles. The van der Waals surface area contributed by atoms with Crippen LogP contribution in [-0.4, -0.2) is 49.3 Å². The maximum absolute atomic E-state index is 12.4. The molecule has 0 aromatic heterocycles. The Bertz CT molecular complexity index is 805. The minimum Gasteiger partial charge on any atom is -0.507 e. The summed E-state index contributed by atoms with van der Waals surface area (Å²) in [6, 6.07) is 11.4. The Morgan fingerprint density at radius 1 is 1.04 bits per heavy atom. The fraction of sp³-hybridized carbons (Fsp3) is 0.300. The first kappa shape index (κ1) is 20.1. The number of esters is 1. The molecular formula is C20H23NO6. The van der Waals surface area contributed by atoms with Crippen molar-refractivity contribution in [2.45, 2.75) is 13.5 Å². The second kappa shape index (κ2) is 9.47. The highest BCUT2D eigenvalue weighted by molar-refractivity contribution is 5.93. The van der Waals surface area contributed by atoms with Crippen LogP contribution in [0.1, 0.15) is 22.8 Å². The molecule has 0 spiro atoms. The summed E-state index contributed by atoms with van der Waals surface area (Å²) in [7, 11) is 3.10. The molecule has 7 heteroatoms. The summed E-state index contributed by atoms with van der Waals surface area (Å²) in [4.78, 5) is 26.0. The molecule has 0 saturated carbocycles. The molecule has 0 aliphatic rings. The fourth-order valence-corrected chi connectivity index (χ4v) is 2.52. The van der Waals surface area contributed by atoms with Crippen LogP contribution in [0.3, 0.4) is 0 Å². The Kier molecular flexibility index (Phi) is 7.05. The van der Waals surface area contributed by atoms with Gasteiger partial charge in [0.2, 0.25) is 0 Å². The predicted molar refractivity (Wildman–Crippen MR) is 99.0 cm³/mol. The molecule has 0 saturated heterocycles. The van der Waals surface area contributed by atoms with Gasteiger partial charge in [-0.3, -0.25) is 4.79 Å². The number of rotatable bonds is 8. The van der Waals surface area contributed by atoms with Crippen LogP contribution < -0.4 is 9.47 Å². The molecular weight excluding hydrogens is 350 g/mol. The molecule has 0 aliphatic carbocycles. The van der Waals surface area contributed by atoms with Crippen molar-refractivity contribution in [2.24, 2.45) is 0 Å². The van der Waals surface area contributed by atoms with Crippen molar-refractivity contribution >= 4 is 11.9 Å². The second-order valence-corrected chi connectivity index (χ2v) is 5.69. The van der Waals surface area contributed by atoms with Gasteiger partial charge in [-0.05, 0) is 36.8 Å². The number of aromatic hydroxyl groups is 1. The molecule has 2 rings (SSSR count). The van der Waals surface area contributed by atoms with Crippen molar-refractivity contribution in [1.29, 1.82) is 0 Å². The first-order chi connectivity index (χ1) is 13.0. The Morgan fingerprint density at radius 3 is 2.37 bits per heavy atom. The van der Waals surface area contributed by atoms with E-state index in [0.717, 1.165) is 5.56 Å². The van der Waals surface area contributed by atoms with Crippen LogP contribution in [0.15, 0.2) is 42.5 Å². The van der Waals surface area contributed by atoms with E-state index in [0.29, 0.717) is 24.6 Å². The summed E-state index contributed by atoms with van der Waals surface area (Å²) in [5.41, 5.74) is 0.878. The predicted octanol–water partition coefficient (Wildman–Crippen LogP) is 2.61. The van der Waals surface area contributed by atoms with Gasteiger partial charge in [-0.25, -0.2) is 4.79 Å². The van der Waals surface area contributed by atoms with Crippen LogP contribution in [0.2, 0.25) is 0 Å². The average molecular weight is 373 g/mol. The second-order valence-electron chi connectivity index (χ2n) is 5.69. The van der Waals surface area contributed by atoms with Crippen molar-refractivity contribution in [1.82, 2.24) is 4.90 Å². The van der Waals surface area contributed by atoms with E-state index in [1.54, 1.807) is 43.4 Å². The average Bonchev–Trinajstić information content (AvgIpc) is 2.70. The van der Waals surface area contributed by atoms with Gasteiger partial charge in [0.25, 0.3) is 5.91 Å². The monoisotopic (exact) mass is 373 g/mol. The molecule has 144 valence electrons. The Balaban J connectivity index is 1.99. The van der Waals surface area contributed by atoms with E-state index >= 15 is 0 Å². The highest BCUT2D eigenvalue weighted by atomic mass is 16.5. The van der Waals surface area contributed by atoms with Crippen molar-refractivity contribution in [3.8, 4) is 17.2 Å². The number of para-hydroxylation sites is 1. The number of carbonyl (C=O) groups excluding carboxylic acids is 2. The third-order valence-corrected chi connectivity index (χ3v) is 4.01. The summed E-state index contributed by atoms with van der Waals surface area (Å²) < 4.78 is 15.5. The van der Waals surface area contributed by atoms with Crippen molar-refractivity contribution in [3.63, 3.8) is 0 Å². The van der Waals surface area contributed by atoms with Gasteiger partial charge in [0, 0.05) is 13.1 Å². The zero-order chi connectivity index (χ0) is 19.8. The summed E-state index contributed by atoms with van der Waals surface area (Å²) in [6.45, 7) is 2.21. The molecule has 0 fully saturated rings. The molecule has 1 N–H and O–H groups in total. The number of phenols is 1. The maximum atomic E-state index is 12.4. The molecule has 0 bridgehead atoms. The highest BCUT2D eigenvalue weighted by Crippen LogP contribution is 2.28. The summed E-state index contributed by atoms with van der Waals surface area (Å²) in [6.07, 6.45) is 0. The number of nitrogens with zero attached hydrogens (tertiary/aromatic N) is 1. The lowest BCUT2D eigenvalue weighted by Gasteiger charge is -2.21. The van der Waals surface area contributed by atoms with E-state index in [2.05, 4.69) is 0 Å². The largest absolute Gasteiger partial charge is 0.507 e. The first-order valence-electron chi connectivity index (χ1n) is 8.44. The van der Waals surface area contributed by atoms with Crippen LogP contribution in [0.5, 0.6) is 17.2 Å². The van der Waals surface area contributed by atoms with Crippen LogP contribution in [0, 0.1) is 0 Å². The molecule has 2 aromatic rings. The normalized spacial score (nSPS) is 10.2. The van der Waals surface area contributed by atoms with Crippen LogP contribution in [0.4, 0.5) is 0 Å². The number of phenolic OH excluding ortho intramolecular Hbond substituents is 1. The van der Waals surface area contributed by atoms with Crippen molar-refractivity contribution in [2.75, 3.05) is 27.4 Å². The van der Waals surface area contributed by atoms with Crippen molar-refractivity contribution < 1.29 is 28.9 Å². The lowest BCUT2D eigenvalue weighted by molar-refractivity contribution is -0.134. The molecule has 2 aromatic carbocycles. The van der Waals surface area contributed by atoms with E-state index in [4.69, 9.17) is 14.2 Å². The van der Waals surface area contributed by atoms with Gasteiger partial charge >= 0.3 is 5.97 Å². The number of methoxy groups -OCH3 is 2.